The first-order chi connectivity index (χ1) is 5.22. The molecule has 0 radical (unpaired) electrons. The predicted octanol–water partition coefficient (Wildman–Crippen LogP) is 1.55. The van der Waals surface area contributed by atoms with Crippen LogP contribution in [0.5, 0.6) is 0 Å². The molecule has 11 heavy (non-hydrogen) atoms. The number of aryl methyl sites for hydroxylation is 1. The van der Waals surface area contributed by atoms with Crippen LogP contribution in [0.25, 0.3) is 0 Å². The highest BCUT2D eigenvalue weighted by molar-refractivity contribution is 7.44. The van der Waals surface area contributed by atoms with Crippen molar-refractivity contribution in [1.29, 1.82) is 0 Å². The van der Waals surface area contributed by atoms with E-state index in [1.165, 1.54) is 11.1 Å². The Morgan fingerprint density at radius 3 is 2.18 bits per heavy atom. The number of rotatable bonds is 0. The molecule has 0 saturated carbocycles. The average molecular weight is 169 g/mol. The van der Waals surface area contributed by atoms with E-state index in [-0.39, 0.29) is 0 Å². The Hall–Kier alpha value is -0.960. The highest BCUT2D eigenvalue weighted by Gasteiger charge is 1.92. The van der Waals surface area contributed by atoms with E-state index in [0.29, 0.717) is 0 Å². The summed E-state index contributed by atoms with van der Waals surface area (Å²) in [6.45, 7) is 4.09. The minimum atomic E-state index is 0.884. The molecule has 0 amide bonds. The van der Waals surface area contributed by atoms with Crippen molar-refractivity contribution >= 4 is 18.2 Å². The predicted molar refractivity (Wildman–Crippen MR) is 48.5 cm³/mol. The number of nitrogens with two attached hydrogens (primary N) is 1. The van der Waals surface area contributed by atoms with Gasteiger partial charge in [0.2, 0.25) is 0 Å². The van der Waals surface area contributed by atoms with Crippen LogP contribution in [-0.2, 0) is 12.5 Å². The molecule has 0 aliphatic rings. The van der Waals surface area contributed by atoms with E-state index in [9.17, 15) is 0 Å². The van der Waals surface area contributed by atoms with Crippen molar-refractivity contribution in [2.75, 3.05) is 5.73 Å². The molecule has 1 rings (SSSR count). The standard InChI is InChI=1S/C8H11N.OS/c1-6-4-3-5-8(9)7(6)2;1-2/h3-5H,9H2,1-2H3;. The normalized spacial score (nSPS) is 8.18. The summed E-state index contributed by atoms with van der Waals surface area (Å²) in [5.74, 6) is 0. The van der Waals surface area contributed by atoms with Crippen molar-refractivity contribution in [3.8, 4) is 0 Å². The van der Waals surface area contributed by atoms with Gasteiger partial charge in [0.15, 0.2) is 12.5 Å². The van der Waals surface area contributed by atoms with Gasteiger partial charge in [-0.3, -0.25) is 0 Å². The van der Waals surface area contributed by atoms with Gasteiger partial charge in [0.25, 0.3) is 0 Å². The molecule has 0 saturated heterocycles. The Morgan fingerprint density at radius 2 is 1.82 bits per heavy atom. The number of hydrogen-bond acceptors (Lipinski definition) is 3. The molecule has 0 bridgehead atoms. The van der Waals surface area contributed by atoms with Gasteiger partial charge in [-0.15, -0.1) is 0 Å². The molecule has 0 spiro atoms. The zero-order chi connectivity index (χ0) is 8.85. The number of nitrogen functional groups attached to an aromatic ring is 1. The van der Waals surface area contributed by atoms with Crippen molar-refractivity contribution < 1.29 is 4.21 Å². The third-order valence-corrected chi connectivity index (χ3v) is 1.65. The highest BCUT2D eigenvalue weighted by Crippen LogP contribution is 2.13. The quantitative estimate of drug-likeness (QED) is 0.599. The lowest BCUT2D eigenvalue weighted by molar-refractivity contribution is 0.702. The van der Waals surface area contributed by atoms with Gasteiger partial charge in [-0.1, -0.05) is 12.1 Å². The molecular formula is C8H11NOS. The van der Waals surface area contributed by atoms with Crippen molar-refractivity contribution in [3.63, 3.8) is 0 Å². The first kappa shape index (κ1) is 10.0. The van der Waals surface area contributed by atoms with E-state index in [1.54, 1.807) is 0 Å². The van der Waals surface area contributed by atoms with Gasteiger partial charge >= 0.3 is 0 Å². The lowest BCUT2D eigenvalue weighted by atomic mass is 10.1. The first-order valence-electron chi connectivity index (χ1n) is 3.20. The van der Waals surface area contributed by atoms with Gasteiger partial charge in [0.1, 0.15) is 0 Å². The Labute approximate surface area is 71.9 Å². The third kappa shape index (κ3) is 2.63. The lowest BCUT2D eigenvalue weighted by Crippen LogP contribution is -1.90. The molecular weight excluding hydrogens is 158 g/mol. The van der Waals surface area contributed by atoms with E-state index < -0.39 is 0 Å². The Balaban J connectivity index is 0.000000461. The molecule has 0 unspecified atom stereocenters. The summed E-state index contributed by atoms with van der Waals surface area (Å²) in [5.41, 5.74) is 8.96. The molecule has 2 N–H and O–H groups in total. The summed E-state index contributed by atoms with van der Waals surface area (Å²) in [6, 6.07) is 5.95. The fraction of sp³-hybridized carbons (Fsp3) is 0.250. The van der Waals surface area contributed by atoms with Crippen LogP contribution in [0.3, 0.4) is 0 Å². The van der Waals surface area contributed by atoms with Crippen LogP contribution in [-0.4, -0.2) is 4.21 Å². The van der Waals surface area contributed by atoms with Crippen LogP contribution in [0.15, 0.2) is 18.2 Å². The van der Waals surface area contributed by atoms with Crippen LogP contribution in [0.2, 0.25) is 0 Å². The number of benzene rings is 1. The van der Waals surface area contributed by atoms with Crippen LogP contribution in [0.1, 0.15) is 11.1 Å². The minimum Gasteiger partial charge on any atom is -0.399 e. The molecule has 0 fully saturated rings. The molecule has 0 aliphatic carbocycles. The second-order valence-electron chi connectivity index (χ2n) is 2.29. The molecule has 0 atom stereocenters. The first-order valence-corrected chi connectivity index (χ1v) is 3.53. The summed E-state index contributed by atoms with van der Waals surface area (Å²) in [5, 5.41) is 0. The zero-order valence-corrected chi connectivity index (χ0v) is 7.44. The maximum atomic E-state index is 7.83. The van der Waals surface area contributed by atoms with Gasteiger partial charge in [-0.2, -0.15) is 4.21 Å². The smallest absolute Gasteiger partial charge is 0.197 e. The maximum Gasteiger partial charge on any atom is 0.197 e. The molecule has 0 aromatic heterocycles. The summed E-state index contributed by atoms with van der Waals surface area (Å²) in [6.07, 6.45) is 0. The summed E-state index contributed by atoms with van der Waals surface area (Å²) < 4.78 is 7.83. The van der Waals surface area contributed by atoms with Crippen LogP contribution >= 0.6 is 0 Å². The minimum absolute atomic E-state index is 0.884. The van der Waals surface area contributed by atoms with Gasteiger partial charge in [0, 0.05) is 5.69 Å². The summed E-state index contributed by atoms with van der Waals surface area (Å²) >= 11 is 2.83. The largest absolute Gasteiger partial charge is 0.399 e. The molecule has 0 aliphatic heterocycles. The SMILES string of the molecule is Cc1cccc(N)c1C.O=S. The molecule has 60 valence electrons. The second-order valence-corrected chi connectivity index (χ2v) is 2.29. The molecule has 0 heterocycles. The fourth-order valence-corrected chi connectivity index (χ4v) is 0.774. The lowest BCUT2D eigenvalue weighted by Gasteiger charge is -2.00. The van der Waals surface area contributed by atoms with Crippen molar-refractivity contribution in [2.24, 2.45) is 0 Å². The molecule has 2 nitrogen and oxygen atoms in total. The van der Waals surface area contributed by atoms with Crippen LogP contribution in [0, 0.1) is 13.8 Å². The van der Waals surface area contributed by atoms with Crippen molar-refractivity contribution in [2.45, 2.75) is 13.8 Å². The highest BCUT2D eigenvalue weighted by atomic mass is 32.1. The van der Waals surface area contributed by atoms with Gasteiger partial charge in [0.05, 0.1) is 0 Å². The summed E-state index contributed by atoms with van der Waals surface area (Å²) in [4.78, 5) is 0. The Bertz CT molecular complexity index is 217. The van der Waals surface area contributed by atoms with Crippen molar-refractivity contribution in [1.82, 2.24) is 0 Å². The third-order valence-electron chi connectivity index (χ3n) is 1.65. The van der Waals surface area contributed by atoms with Crippen LogP contribution < -0.4 is 5.73 Å². The average Bonchev–Trinajstić information content (AvgIpc) is 2.04. The van der Waals surface area contributed by atoms with E-state index in [0.717, 1.165) is 5.69 Å². The second kappa shape index (κ2) is 4.79. The molecule has 1 aromatic carbocycles. The van der Waals surface area contributed by atoms with Gasteiger partial charge < -0.3 is 5.73 Å². The number of anilines is 1. The molecule has 3 heteroatoms. The van der Waals surface area contributed by atoms with E-state index in [1.807, 2.05) is 19.1 Å². The van der Waals surface area contributed by atoms with E-state index in [2.05, 4.69) is 25.5 Å². The van der Waals surface area contributed by atoms with Gasteiger partial charge in [-0.25, -0.2) is 0 Å². The number of hydrogen-bond donors (Lipinski definition) is 1. The summed E-state index contributed by atoms with van der Waals surface area (Å²) in [7, 11) is 0. The zero-order valence-electron chi connectivity index (χ0n) is 6.63. The topological polar surface area (TPSA) is 43.1 Å². The van der Waals surface area contributed by atoms with Crippen molar-refractivity contribution in [3.05, 3.63) is 29.3 Å². The Morgan fingerprint density at radius 1 is 1.27 bits per heavy atom. The maximum absolute atomic E-state index is 7.83. The molecule has 1 aromatic rings. The van der Waals surface area contributed by atoms with Crippen LogP contribution in [0.4, 0.5) is 5.69 Å². The van der Waals surface area contributed by atoms with E-state index >= 15 is 0 Å². The van der Waals surface area contributed by atoms with E-state index in [4.69, 9.17) is 9.94 Å². The monoisotopic (exact) mass is 169 g/mol. The van der Waals surface area contributed by atoms with Gasteiger partial charge in [-0.05, 0) is 31.0 Å². The fourth-order valence-electron chi connectivity index (χ4n) is 0.774. The Kier molecular flexibility index (Phi) is 4.38.